The molecule has 17 heteroatoms. The largest absolute Gasteiger partial charge is 0.456 e. The van der Waals surface area contributed by atoms with Crippen molar-refractivity contribution in [1.82, 2.24) is 29.4 Å². The van der Waals surface area contributed by atoms with E-state index in [9.17, 15) is 17.1 Å². The Kier molecular flexibility index (Phi) is 19.0. The summed E-state index contributed by atoms with van der Waals surface area (Å²) in [6.45, 7) is 4.77. The van der Waals surface area contributed by atoms with Crippen molar-refractivity contribution in [3.8, 4) is 0 Å². The maximum atomic E-state index is 13.6. The van der Waals surface area contributed by atoms with Gasteiger partial charge in [-0.05, 0) is 187 Å². The van der Waals surface area contributed by atoms with Crippen molar-refractivity contribution in [2.24, 2.45) is 15.0 Å². The van der Waals surface area contributed by atoms with Gasteiger partial charge in [0.2, 0.25) is 0 Å². The number of rotatable bonds is 6. The molecule has 0 radical (unpaired) electrons. The zero-order valence-corrected chi connectivity index (χ0v) is 54.0. The third kappa shape index (κ3) is 13.4. The maximum Gasteiger partial charge on any atom is 0.288 e. The summed E-state index contributed by atoms with van der Waals surface area (Å²) < 4.78 is 70.7. The Labute approximate surface area is 534 Å². The lowest BCUT2D eigenvalue weighted by Gasteiger charge is -2.39. The molecular weight excluding hydrogens is 1160 g/mol. The molecule has 0 amide bonds. The van der Waals surface area contributed by atoms with E-state index < -0.39 is 0 Å². The summed E-state index contributed by atoms with van der Waals surface area (Å²) in [5, 5.41) is 0. The SMILES string of the molecule is CN(C)C1CCC2(CN=C(N3CCc4ccccc4[C@@H]3c3ccc(F)cc3)O2)C1.CN(C)[C@@H]1CC[C@@]2(CN=C(N3CCc4ccccc4[C@@H]3c3ccc(F)cc3)O2)C1.CN(C)[C@@H]1CC[C@]2(CN=C(N3CCc4ccccc4[C@@H]3c3ccc(F)cc3)O2)C1.CSF. The summed E-state index contributed by atoms with van der Waals surface area (Å²) in [5.74, 6) is -0.629. The summed E-state index contributed by atoms with van der Waals surface area (Å²) >= 11 is 0.250. The topological polar surface area (TPSA) is 84.2 Å². The average molecular weight is 1250 g/mol. The summed E-state index contributed by atoms with van der Waals surface area (Å²) in [7, 11) is 12.9. The van der Waals surface area contributed by atoms with E-state index in [1.165, 1.54) is 39.6 Å². The van der Waals surface area contributed by atoms with E-state index >= 15 is 0 Å². The van der Waals surface area contributed by atoms with E-state index in [0.29, 0.717) is 18.1 Å². The second-order valence-corrected chi connectivity index (χ2v) is 27.0. The molecule has 0 saturated heterocycles. The van der Waals surface area contributed by atoms with Crippen molar-refractivity contribution in [1.29, 1.82) is 0 Å². The highest BCUT2D eigenvalue weighted by Gasteiger charge is 2.51. The van der Waals surface area contributed by atoms with Crippen molar-refractivity contribution in [2.45, 2.75) is 130 Å². The van der Waals surface area contributed by atoms with Gasteiger partial charge in [-0.15, -0.1) is 0 Å². The third-order valence-electron chi connectivity index (χ3n) is 20.4. The molecule has 476 valence electrons. The second kappa shape index (κ2) is 27.1. The molecule has 6 heterocycles. The number of amidine groups is 3. The molecule has 6 aliphatic heterocycles. The van der Waals surface area contributed by atoms with Crippen LogP contribution in [-0.2, 0) is 33.5 Å². The highest BCUT2D eigenvalue weighted by atomic mass is 32.2. The van der Waals surface area contributed by atoms with Crippen molar-refractivity contribution in [2.75, 3.05) is 87.8 Å². The smallest absolute Gasteiger partial charge is 0.288 e. The number of halogens is 4. The van der Waals surface area contributed by atoms with Crippen LogP contribution < -0.4 is 0 Å². The van der Waals surface area contributed by atoms with E-state index in [1.54, 1.807) is 36.4 Å². The Bertz CT molecular complexity index is 3170. The Morgan fingerprint density at radius 2 is 0.667 bits per heavy atom. The molecule has 90 heavy (non-hydrogen) atoms. The van der Waals surface area contributed by atoms with Crippen LogP contribution in [0.15, 0.2) is 161 Å². The number of benzene rings is 6. The number of nitrogens with zero attached hydrogens (tertiary/aromatic N) is 9. The van der Waals surface area contributed by atoms with Crippen molar-refractivity contribution >= 4 is 30.2 Å². The van der Waals surface area contributed by atoms with Crippen LogP contribution in [0.1, 0.15) is 126 Å². The summed E-state index contributed by atoms with van der Waals surface area (Å²) in [5.41, 5.74) is 10.6. The Balaban J connectivity index is 0.000000128. The molecule has 3 spiro atoms. The van der Waals surface area contributed by atoms with Gasteiger partial charge < -0.3 is 43.6 Å². The Morgan fingerprint density at radius 3 is 0.911 bits per heavy atom. The Morgan fingerprint density at radius 1 is 0.411 bits per heavy atom. The van der Waals surface area contributed by atoms with E-state index in [1.807, 2.05) is 36.4 Å². The van der Waals surface area contributed by atoms with Crippen LogP contribution in [-0.4, -0.2) is 170 Å². The number of ether oxygens (including phenoxy) is 3. The number of hydrogen-bond donors (Lipinski definition) is 0. The first kappa shape index (κ1) is 63.2. The molecule has 3 aliphatic carbocycles. The highest BCUT2D eigenvalue weighted by molar-refractivity contribution is 7.93. The predicted molar refractivity (Wildman–Crippen MR) is 352 cm³/mol. The molecule has 15 rings (SSSR count). The van der Waals surface area contributed by atoms with E-state index in [2.05, 4.69) is 144 Å². The van der Waals surface area contributed by atoms with Crippen LogP contribution in [0.25, 0.3) is 0 Å². The first-order valence-electron chi connectivity index (χ1n) is 32.2. The zero-order valence-electron chi connectivity index (χ0n) is 53.2. The third-order valence-corrected chi connectivity index (χ3v) is 20.4. The quantitative estimate of drug-likeness (QED) is 0.150. The van der Waals surface area contributed by atoms with Gasteiger partial charge in [0.05, 0.1) is 37.8 Å². The van der Waals surface area contributed by atoms with E-state index in [0.717, 1.165) is 151 Å². The molecule has 0 N–H and O–H groups in total. The molecule has 9 atom stereocenters. The van der Waals surface area contributed by atoms with Gasteiger partial charge in [0.15, 0.2) is 0 Å². The fourth-order valence-corrected chi connectivity index (χ4v) is 15.4. The van der Waals surface area contributed by atoms with Gasteiger partial charge in [-0.25, -0.2) is 28.1 Å². The lowest BCUT2D eigenvalue weighted by Crippen LogP contribution is -2.43. The minimum Gasteiger partial charge on any atom is -0.456 e. The van der Waals surface area contributed by atoms with Gasteiger partial charge in [-0.2, -0.15) is 3.89 Å². The lowest BCUT2D eigenvalue weighted by molar-refractivity contribution is 0.0624. The van der Waals surface area contributed by atoms with Crippen molar-refractivity contribution in [3.05, 3.63) is 213 Å². The Hall–Kier alpha value is -6.92. The molecule has 9 aliphatic rings. The van der Waals surface area contributed by atoms with Gasteiger partial charge in [0, 0.05) is 75.4 Å². The van der Waals surface area contributed by atoms with Crippen LogP contribution in [0.4, 0.5) is 17.1 Å². The fraction of sp³-hybridized carbons (Fsp3) is 0.466. The van der Waals surface area contributed by atoms with Crippen LogP contribution in [0.3, 0.4) is 0 Å². The number of hydrogen-bond acceptors (Lipinski definition) is 13. The van der Waals surface area contributed by atoms with Crippen LogP contribution >= 0.6 is 12.1 Å². The molecule has 0 bridgehead atoms. The van der Waals surface area contributed by atoms with Gasteiger partial charge in [0.25, 0.3) is 18.1 Å². The molecule has 12 nitrogen and oxygen atoms in total. The fourth-order valence-electron chi connectivity index (χ4n) is 15.4. The highest BCUT2D eigenvalue weighted by Crippen LogP contribution is 2.46. The lowest BCUT2D eigenvalue weighted by atomic mass is 9.88. The second-order valence-electron chi connectivity index (χ2n) is 26.7. The number of aliphatic imine (C=N–C) groups is 3. The zero-order chi connectivity index (χ0) is 62.7. The first-order valence-corrected chi connectivity index (χ1v) is 33.3. The monoisotopic (exact) mass is 1250 g/mol. The molecule has 3 saturated carbocycles. The molecule has 3 fully saturated rings. The van der Waals surface area contributed by atoms with E-state index in [-0.39, 0.29) is 64.5 Å². The first-order chi connectivity index (χ1) is 43.5. The van der Waals surface area contributed by atoms with E-state index in [4.69, 9.17) is 29.2 Å². The minimum absolute atomic E-state index is 0.000462. The van der Waals surface area contributed by atoms with Crippen LogP contribution in [0.5, 0.6) is 0 Å². The van der Waals surface area contributed by atoms with Gasteiger partial charge in [-0.1, -0.05) is 109 Å². The standard InChI is InChI=1S/3C24H28FN3O.CH3FS/c3*1-27(2)20-11-13-24(15-20)16-26-23(29-24)28-14-12-17-5-3-4-6-21(17)22(28)18-7-9-19(25)10-8-18;1-3-2/h3*3-10,20,22H,11-16H2,1-2H3;1H3/t20?,22-,24?;20-,22+,24+;20-,22+,24-;/m011./s1. The summed E-state index contributed by atoms with van der Waals surface area (Å²) in [4.78, 5) is 28.4. The summed E-state index contributed by atoms with van der Waals surface area (Å²) in [6, 6.07) is 50.2. The van der Waals surface area contributed by atoms with Crippen molar-refractivity contribution < 1.29 is 31.3 Å². The molecule has 6 aromatic rings. The van der Waals surface area contributed by atoms with Crippen molar-refractivity contribution in [3.63, 3.8) is 0 Å². The van der Waals surface area contributed by atoms with Gasteiger partial charge in [0.1, 0.15) is 34.3 Å². The van der Waals surface area contributed by atoms with Crippen LogP contribution in [0.2, 0.25) is 0 Å². The van der Waals surface area contributed by atoms with Gasteiger partial charge >= 0.3 is 0 Å². The minimum atomic E-state index is -0.210. The molecule has 2 unspecified atom stereocenters. The molecule has 6 aromatic carbocycles. The number of fused-ring (bicyclic) bond motifs is 3. The van der Waals surface area contributed by atoms with Gasteiger partial charge in [-0.3, -0.25) is 0 Å². The molecular formula is C73H87F4N9O3S. The normalized spacial score (nSPS) is 27.8. The summed E-state index contributed by atoms with van der Waals surface area (Å²) in [6.07, 6.45) is 13.9. The van der Waals surface area contributed by atoms with Crippen LogP contribution in [0, 0.1) is 17.5 Å². The predicted octanol–water partition coefficient (Wildman–Crippen LogP) is 13.3. The average Bonchev–Trinajstić information content (AvgIpc) is 2.58. The maximum absolute atomic E-state index is 13.6. The molecule has 0 aromatic heterocycles.